The lowest BCUT2D eigenvalue weighted by Gasteiger charge is -2.63. The molecule has 3 nitrogen and oxygen atoms in total. The van der Waals surface area contributed by atoms with Gasteiger partial charge in [-0.15, -0.1) is 0 Å². The van der Waals surface area contributed by atoms with Gasteiger partial charge in [-0.25, -0.2) is 0 Å². The van der Waals surface area contributed by atoms with E-state index in [1.54, 1.807) is 0 Å². The first-order valence-corrected chi connectivity index (χ1v) is 10.3. The summed E-state index contributed by atoms with van der Waals surface area (Å²) in [5.74, 6) is 0.963. The minimum absolute atomic E-state index is 0.731. The van der Waals surface area contributed by atoms with E-state index < -0.39 is 0 Å². The third-order valence-corrected chi connectivity index (χ3v) is 7.49. The highest BCUT2D eigenvalue weighted by molar-refractivity contribution is 5.08. The fraction of sp³-hybridized carbons (Fsp3) is 1.00. The Morgan fingerprint density at radius 1 is 0.783 bits per heavy atom. The number of hydrogen-bond acceptors (Lipinski definition) is 3. The second-order valence-electron chi connectivity index (χ2n) is 9.55. The SMILES string of the molecule is CC1CCN(C2CCN(C3CC4(C3)CN(C(C)C)C4)CC2)CC1. The molecule has 0 radical (unpaired) electrons. The van der Waals surface area contributed by atoms with Gasteiger partial charge in [-0.3, -0.25) is 4.90 Å². The molecule has 0 aromatic carbocycles. The van der Waals surface area contributed by atoms with Gasteiger partial charge < -0.3 is 9.80 Å². The Balaban J connectivity index is 1.18. The van der Waals surface area contributed by atoms with Crippen molar-refractivity contribution in [1.82, 2.24) is 14.7 Å². The van der Waals surface area contributed by atoms with Gasteiger partial charge in [0.2, 0.25) is 0 Å². The Morgan fingerprint density at radius 3 is 1.87 bits per heavy atom. The quantitative estimate of drug-likeness (QED) is 0.791. The standard InChI is InChI=1S/C20H37N3/c1-16(2)23-14-20(15-23)12-19(13-20)22-10-6-18(7-11-22)21-8-4-17(3)5-9-21/h16-19H,4-15H2,1-3H3. The van der Waals surface area contributed by atoms with E-state index in [-0.39, 0.29) is 0 Å². The molecular formula is C20H37N3. The third-order valence-electron chi connectivity index (χ3n) is 7.49. The summed E-state index contributed by atoms with van der Waals surface area (Å²) in [4.78, 5) is 8.30. The average molecular weight is 320 g/mol. The van der Waals surface area contributed by atoms with Gasteiger partial charge in [0.05, 0.1) is 0 Å². The van der Waals surface area contributed by atoms with E-state index in [9.17, 15) is 0 Å². The molecule has 4 rings (SSSR count). The van der Waals surface area contributed by atoms with E-state index in [0.717, 1.165) is 29.5 Å². The summed E-state index contributed by atoms with van der Waals surface area (Å²) < 4.78 is 0. The summed E-state index contributed by atoms with van der Waals surface area (Å²) in [6, 6.07) is 2.57. The summed E-state index contributed by atoms with van der Waals surface area (Å²) in [5.41, 5.74) is 0.731. The second kappa shape index (κ2) is 6.31. The molecule has 4 fully saturated rings. The van der Waals surface area contributed by atoms with E-state index in [1.807, 2.05) is 0 Å². The van der Waals surface area contributed by atoms with Crippen LogP contribution in [0.2, 0.25) is 0 Å². The van der Waals surface area contributed by atoms with Gasteiger partial charge in [0, 0.05) is 31.2 Å². The smallest absolute Gasteiger partial charge is 0.0120 e. The van der Waals surface area contributed by atoms with Crippen molar-refractivity contribution in [1.29, 1.82) is 0 Å². The van der Waals surface area contributed by atoms with Crippen molar-refractivity contribution in [2.24, 2.45) is 11.3 Å². The van der Waals surface area contributed by atoms with Crippen LogP contribution in [0.5, 0.6) is 0 Å². The number of piperidine rings is 2. The van der Waals surface area contributed by atoms with E-state index >= 15 is 0 Å². The van der Waals surface area contributed by atoms with Crippen LogP contribution < -0.4 is 0 Å². The summed E-state index contributed by atoms with van der Waals surface area (Å²) >= 11 is 0. The molecule has 1 spiro atoms. The minimum Gasteiger partial charge on any atom is -0.300 e. The third kappa shape index (κ3) is 3.21. The molecule has 0 amide bonds. The van der Waals surface area contributed by atoms with Crippen LogP contribution in [0, 0.1) is 11.3 Å². The van der Waals surface area contributed by atoms with Gasteiger partial charge in [0.1, 0.15) is 0 Å². The highest BCUT2D eigenvalue weighted by Crippen LogP contribution is 2.51. The van der Waals surface area contributed by atoms with Gasteiger partial charge >= 0.3 is 0 Å². The first kappa shape index (κ1) is 16.4. The zero-order valence-electron chi connectivity index (χ0n) is 15.6. The molecule has 0 aromatic heterocycles. The Hall–Kier alpha value is -0.120. The first-order chi connectivity index (χ1) is 11.0. The summed E-state index contributed by atoms with van der Waals surface area (Å²) in [6.45, 7) is 15.3. The molecule has 0 atom stereocenters. The molecule has 0 aromatic rings. The Labute approximate surface area is 143 Å². The van der Waals surface area contributed by atoms with Crippen LogP contribution in [0.4, 0.5) is 0 Å². The van der Waals surface area contributed by atoms with Crippen molar-refractivity contribution in [3.8, 4) is 0 Å². The van der Waals surface area contributed by atoms with Crippen LogP contribution in [-0.2, 0) is 0 Å². The highest BCUT2D eigenvalue weighted by Gasteiger charge is 2.54. The van der Waals surface area contributed by atoms with Crippen LogP contribution >= 0.6 is 0 Å². The van der Waals surface area contributed by atoms with E-state index in [0.29, 0.717) is 0 Å². The minimum atomic E-state index is 0.731. The highest BCUT2D eigenvalue weighted by atomic mass is 15.3. The number of likely N-dealkylation sites (tertiary alicyclic amines) is 3. The van der Waals surface area contributed by atoms with Gasteiger partial charge in [-0.1, -0.05) is 6.92 Å². The van der Waals surface area contributed by atoms with Gasteiger partial charge in [-0.2, -0.15) is 0 Å². The zero-order valence-corrected chi connectivity index (χ0v) is 15.6. The van der Waals surface area contributed by atoms with Crippen molar-refractivity contribution in [2.75, 3.05) is 39.3 Å². The number of rotatable bonds is 3. The molecule has 0 unspecified atom stereocenters. The molecule has 3 aliphatic heterocycles. The second-order valence-corrected chi connectivity index (χ2v) is 9.55. The molecule has 3 heterocycles. The van der Waals surface area contributed by atoms with Crippen LogP contribution in [0.15, 0.2) is 0 Å². The molecule has 4 aliphatic rings. The molecule has 3 heteroatoms. The van der Waals surface area contributed by atoms with Crippen molar-refractivity contribution in [3.63, 3.8) is 0 Å². The first-order valence-electron chi connectivity index (χ1n) is 10.3. The van der Waals surface area contributed by atoms with Gasteiger partial charge in [0.15, 0.2) is 0 Å². The fourth-order valence-electron chi connectivity index (χ4n) is 5.65. The van der Waals surface area contributed by atoms with Crippen molar-refractivity contribution < 1.29 is 0 Å². The molecule has 0 bridgehead atoms. The maximum absolute atomic E-state index is 2.84. The van der Waals surface area contributed by atoms with Crippen LogP contribution in [0.1, 0.15) is 59.3 Å². The Kier molecular flexibility index (Phi) is 4.49. The molecule has 23 heavy (non-hydrogen) atoms. The topological polar surface area (TPSA) is 9.72 Å². The summed E-state index contributed by atoms with van der Waals surface area (Å²) in [7, 11) is 0. The largest absolute Gasteiger partial charge is 0.300 e. The summed E-state index contributed by atoms with van der Waals surface area (Å²) in [6.07, 6.45) is 8.69. The maximum atomic E-state index is 2.84. The Bertz CT molecular complexity index is 391. The lowest BCUT2D eigenvalue weighted by Crippen LogP contribution is -2.68. The molecule has 1 aliphatic carbocycles. The van der Waals surface area contributed by atoms with Gasteiger partial charge in [0.25, 0.3) is 0 Å². The van der Waals surface area contributed by atoms with Crippen LogP contribution in [0.25, 0.3) is 0 Å². The molecular weight excluding hydrogens is 282 g/mol. The normalized spacial score (nSPS) is 32.3. The molecule has 0 N–H and O–H groups in total. The lowest BCUT2D eigenvalue weighted by atomic mass is 9.59. The van der Waals surface area contributed by atoms with Crippen molar-refractivity contribution >= 4 is 0 Å². The van der Waals surface area contributed by atoms with E-state index in [2.05, 4.69) is 35.5 Å². The molecule has 132 valence electrons. The van der Waals surface area contributed by atoms with Crippen LogP contribution in [0.3, 0.4) is 0 Å². The van der Waals surface area contributed by atoms with E-state index in [1.165, 1.54) is 77.8 Å². The molecule has 3 saturated heterocycles. The monoisotopic (exact) mass is 319 g/mol. The predicted octanol–water partition coefficient (Wildman–Crippen LogP) is 3.06. The zero-order chi connectivity index (χ0) is 16.0. The van der Waals surface area contributed by atoms with Crippen LogP contribution in [-0.4, -0.2) is 72.1 Å². The lowest BCUT2D eigenvalue weighted by molar-refractivity contribution is -0.124. The summed E-state index contributed by atoms with van der Waals surface area (Å²) in [5, 5.41) is 0. The average Bonchev–Trinajstić information content (AvgIpc) is 2.45. The van der Waals surface area contributed by atoms with Gasteiger partial charge in [-0.05, 0) is 89.9 Å². The predicted molar refractivity (Wildman–Crippen MR) is 96.7 cm³/mol. The van der Waals surface area contributed by atoms with Crippen molar-refractivity contribution in [2.45, 2.75) is 77.4 Å². The Morgan fingerprint density at radius 2 is 1.30 bits per heavy atom. The number of hydrogen-bond donors (Lipinski definition) is 0. The number of nitrogens with zero attached hydrogens (tertiary/aromatic N) is 3. The van der Waals surface area contributed by atoms with Crippen molar-refractivity contribution in [3.05, 3.63) is 0 Å². The van der Waals surface area contributed by atoms with E-state index in [4.69, 9.17) is 0 Å². The molecule has 1 saturated carbocycles. The maximum Gasteiger partial charge on any atom is 0.0120 e. The fourth-order valence-corrected chi connectivity index (χ4v) is 5.65.